The summed E-state index contributed by atoms with van der Waals surface area (Å²) in [6.45, 7) is 6.26. The van der Waals surface area contributed by atoms with E-state index in [1.54, 1.807) is 17.0 Å². The highest BCUT2D eigenvalue weighted by atomic mass is 32.1. The van der Waals surface area contributed by atoms with Gasteiger partial charge in [0.1, 0.15) is 0 Å². The van der Waals surface area contributed by atoms with Crippen LogP contribution in [-0.2, 0) is 13.0 Å². The maximum absolute atomic E-state index is 12.5. The first-order valence-corrected chi connectivity index (χ1v) is 8.08. The molecule has 2 aromatic rings. The van der Waals surface area contributed by atoms with Crippen LogP contribution in [0.2, 0.25) is 0 Å². The van der Waals surface area contributed by atoms with Gasteiger partial charge in [0, 0.05) is 13.0 Å². The summed E-state index contributed by atoms with van der Waals surface area (Å²) < 4.78 is 5.13. The number of hydrogen-bond donors (Lipinski definition) is 0. The second-order valence-electron chi connectivity index (χ2n) is 4.89. The summed E-state index contributed by atoms with van der Waals surface area (Å²) in [5.74, 6) is 0.939. The fraction of sp³-hybridized carbons (Fsp3) is 0.467. The number of Topliss-reactive ketones (excluding diaryl/α,β-unsaturated/α-hetero) is 1. The van der Waals surface area contributed by atoms with E-state index in [1.807, 2.05) is 13.8 Å². The van der Waals surface area contributed by atoms with Crippen molar-refractivity contribution in [1.82, 2.24) is 15.0 Å². The number of hydrogen-bond acceptors (Lipinski definition) is 6. The Hall–Kier alpha value is -2.02. The molecular weight excluding hydrogens is 302 g/mol. The van der Waals surface area contributed by atoms with Gasteiger partial charge in [0.25, 0.3) is 5.91 Å². The minimum atomic E-state index is -0.123. The third-order valence-electron chi connectivity index (χ3n) is 3.14. The fourth-order valence-corrected chi connectivity index (χ4v) is 2.83. The van der Waals surface area contributed by atoms with E-state index < -0.39 is 0 Å². The zero-order valence-electron chi connectivity index (χ0n) is 13.0. The van der Waals surface area contributed by atoms with Crippen LogP contribution in [0.3, 0.4) is 0 Å². The van der Waals surface area contributed by atoms with Crippen LogP contribution in [0.25, 0.3) is 0 Å². The molecule has 6 nitrogen and oxygen atoms in total. The topological polar surface area (TPSA) is 76.3 Å². The van der Waals surface area contributed by atoms with Crippen molar-refractivity contribution in [2.45, 2.75) is 40.2 Å². The van der Waals surface area contributed by atoms with Crippen molar-refractivity contribution in [1.29, 1.82) is 0 Å². The van der Waals surface area contributed by atoms with E-state index in [-0.39, 0.29) is 11.7 Å². The molecule has 0 fully saturated rings. The molecule has 0 aliphatic carbocycles. The minimum absolute atomic E-state index is 0.0329. The summed E-state index contributed by atoms with van der Waals surface area (Å²) in [4.78, 5) is 30.9. The Kier molecular flexibility index (Phi) is 5.43. The highest BCUT2D eigenvalue weighted by Crippen LogP contribution is 2.19. The van der Waals surface area contributed by atoms with Crippen LogP contribution >= 0.6 is 11.3 Å². The quantitative estimate of drug-likeness (QED) is 0.733. The average molecular weight is 321 g/mol. The van der Waals surface area contributed by atoms with Crippen LogP contribution in [0.15, 0.2) is 16.7 Å². The molecule has 0 saturated heterocycles. The summed E-state index contributed by atoms with van der Waals surface area (Å²) in [6, 6.07) is 3.37. The lowest BCUT2D eigenvalue weighted by Crippen LogP contribution is -2.30. The average Bonchev–Trinajstić information content (AvgIpc) is 3.14. The van der Waals surface area contributed by atoms with Crippen molar-refractivity contribution < 1.29 is 14.1 Å². The molecule has 1 amide bonds. The van der Waals surface area contributed by atoms with Gasteiger partial charge in [0.15, 0.2) is 11.6 Å². The van der Waals surface area contributed by atoms with Gasteiger partial charge in [-0.25, -0.2) is 0 Å². The number of ketones is 1. The van der Waals surface area contributed by atoms with Crippen LogP contribution < -0.4 is 0 Å². The van der Waals surface area contributed by atoms with Crippen LogP contribution in [0.4, 0.5) is 0 Å². The molecule has 118 valence electrons. The molecular formula is C15H19N3O3S. The molecule has 22 heavy (non-hydrogen) atoms. The lowest BCUT2D eigenvalue weighted by Gasteiger charge is -2.17. The van der Waals surface area contributed by atoms with Crippen molar-refractivity contribution in [3.05, 3.63) is 33.6 Å². The normalized spacial score (nSPS) is 10.7. The molecule has 0 aliphatic heterocycles. The van der Waals surface area contributed by atoms with Crippen molar-refractivity contribution in [3.63, 3.8) is 0 Å². The third kappa shape index (κ3) is 3.79. The fourth-order valence-electron chi connectivity index (χ4n) is 1.97. The number of rotatable bonds is 7. The second-order valence-corrected chi connectivity index (χ2v) is 5.98. The van der Waals surface area contributed by atoms with Gasteiger partial charge >= 0.3 is 0 Å². The molecule has 0 N–H and O–H groups in total. The number of carbonyl (C=O) groups excluding carboxylic acids is 2. The van der Waals surface area contributed by atoms with Crippen molar-refractivity contribution in [2.75, 3.05) is 6.54 Å². The Morgan fingerprint density at radius 3 is 2.59 bits per heavy atom. The van der Waals surface area contributed by atoms with E-state index in [9.17, 15) is 9.59 Å². The highest BCUT2D eigenvalue weighted by molar-refractivity contribution is 7.15. The largest absolute Gasteiger partial charge is 0.339 e. The summed E-state index contributed by atoms with van der Waals surface area (Å²) in [7, 11) is 0. The molecule has 0 aliphatic rings. The van der Waals surface area contributed by atoms with Gasteiger partial charge in [0.05, 0.1) is 16.3 Å². The summed E-state index contributed by atoms with van der Waals surface area (Å²) in [5, 5.41) is 3.90. The molecule has 2 aromatic heterocycles. The van der Waals surface area contributed by atoms with E-state index in [0.29, 0.717) is 34.6 Å². The molecule has 2 heterocycles. The number of thiophene rings is 1. The Morgan fingerprint density at radius 2 is 2.00 bits per heavy atom. The zero-order chi connectivity index (χ0) is 16.1. The number of aryl methyl sites for hydroxylation is 1. The minimum Gasteiger partial charge on any atom is -0.339 e. The van der Waals surface area contributed by atoms with E-state index in [0.717, 1.165) is 12.8 Å². The van der Waals surface area contributed by atoms with E-state index >= 15 is 0 Å². The van der Waals surface area contributed by atoms with Gasteiger partial charge in [-0.1, -0.05) is 12.1 Å². The van der Waals surface area contributed by atoms with Crippen molar-refractivity contribution in [3.8, 4) is 0 Å². The molecule has 0 radical (unpaired) electrons. The van der Waals surface area contributed by atoms with Gasteiger partial charge < -0.3 is 9.42 Å². The number of amides is 1. The lowest BCUT2D eigenvalue weighted by atomic mass is 10.3. The third-order valence-corrected chi connectivity index (χ3v) is 4.31. The summed E-state index contributed by atoms with van der Waals surface area (Å²) in [6.07, 6.45) is 1.67. The number of nitrogens with zero attached hydrogens (tertiary/aromatic N) is 3. The Balaban J connectivity index is 2.08. The molecule has 0 spiro atoms. The predicted octanol–water partition coefficient (Wildman–Crippen LogP) is 2.95. The van der Waals surface area contributed by atoms with Crippen LogP contribution in [0, 0.1) is 0 Å². The monoisotopic (exact) mass is 321 g/mol. The van der Waals surface area contributed by atoms with Gasteiger partial charge in [0.2, 0.25) is 5.89 Å². The summed E-state index contributed by atoms with van der Waals surface area (Å²) in [5.41, 5.74) is 0. The van der Waals surface area contributed by atoms with Gasteiger partial charge in [-0.05, 0) is 32.4 Å². The lowest BCUT2D eigenvalue weighted by molar-refractivity contribution is 0.0752. The molecule has 0 unspecified atom stereocenters. The Morgan fingerprint density at radius 1 is 1.27 bits per heavy atom. The first-order chi connectivity index (χ1) is 10.5. The van der Waals surface area contributed by atoms with E-state index in [2.05, 4.69) is 10.1 Å². The maximum atomic E-state index is 12.5. The van der Waals surface area contributed by atoms with Crippen LogP contribution in [-0.4, -0.2) is 33.3 Å². The SMILES string of the molecule is CCCc1nc(CN(CC)C(=O)c2ccc(C(C)=O)s2)no1. The zero-order valence-corrected chi connectivity index (χ0v) is 13.8. The molecule has 0 saturated carbocycles. The smallest absolute Gasteiger partial charge is 0.264 e. The van der Waals surface area contributed by atoms with E-state index in [4.69, 9.17) is 4.52 Å². The van der Waals surface area contributed by atoms with Crippen LogP contribution in [0.5, 0.6) is 0 Å². The highest BCUT2D eigenvalue weighted by Gasteiger charge is 2.19. The molecule has 0 aromatic carbocycles. The second kappa shape index (κ2) is 7.31. The predicted molar refractivity (Wildman–Crippen MR) is 83.0 cm³/mol. The first-order valence-electron chi connectivity index (χ1n) is 7.26. The van der Waals surface area contributed by atoms with Gasteiger partial charge in [-0.15, -0.1) is 11.3 Å². The van der Waals surface area contributed by atoms with Crippen LogP contribution in [0.1, 0.15) is 58.3 Å². The van der Waals surface area contributed by atoms with Gasteiger partial charge in [-0.2, -0.15) is 4.98 Å². The molecule has 2 rings (SSSR count). The Labute approximate surface area is 133 Å². The number of carbonyl (C=O) groups is 2. The maximum Gasteiger partial charge on any atom is 0.264 e. The molecule has 0 atom stereocenters. The standard InChI is InChI=1S/C15H19N3O3S/c1-4-6-14-16-13(17-21-14)9-18(5-2)15(20)12-8-7-11(22-12)10(3)19/h7-8H,4-6,9H2,1-3H3. The summed E-state index contributed by atoms with van der Waals surface area (Å²) >= 11 is 1.21. The molecule has 0 bridgehead atoms. The molecule has 7 heteroatoms. The van der Waals surface area contributed by atoms with Crippen molar-refractivity contribution in [2.24, 2.45) is 0 Å². The van der Waals surface area contributed by atoms with Crippen molar-refractivity contribution >= 4 is 23.0 Å². The first kappa shape index (κ1) is 16.4. The number of aromatic nitrogens is 2. The van der Waals surface area contributed by atoms with E-state index in [1.165, 1.54) is 18.3 Å². The Bertz CT molecular complexity index is 663. The van der Waals surface area contributed by atoms with Gasteiger partial charge in [-0.3, -0.25) is 9.59 Å².